The van der Waals surface area contributed by atoms with Gasteiger partial charge in [0.1, 0.15) is 5.82 Å². The maximum atomic E-state index is 5.12. The summed E-state index contributed by atoms with van der Waals surface area (Å²) in [5.74, 6) is 1.15. The van der Waals surface area contributed by atoms with Crippen molar-refractivity contribution in [2.24, 2.45) is 0 Å². The summed E-state index contributed by atoms with van der Waals surface area (Å²) in [4.78, 5) is 5.12. The van der Waals surface area contributed by atoms with Crippen LogP contribution in [0.15, 0.2) is 54.7 Å². The first kappa shape index (κ1) is 18.4. The molecule has 0 aliphatic heterocycles. The lowest BCUT2D eigenvalue weighted by atomic mass is 9.86. The van der Waals surface area contributed by atoms with Crippen LogP contribution in [0.3, 0.4) is 0 Å². The maximum Gasteiger partial charge on any atom is 0.119 e. The van der Waals surface area contributed by atoms with E-state index in [9.17, 15) is 0 Å². The van der Waals surface area contributed by atoms with Gasteiger partial charge in [-0.3, -0.25) is 0 Å². The Balaban J connectivity index is 2.18. The molecule has 26 heavy (non-hydrogen) atoms. The summed E-state index contributed by atoms with van der Waals surface area (Å²) >= 11 is 0. The second kappa shape index (κ2) is 7.49. The third-order valence-corrected chi connectivity index (χ3v) is 5.16. The zero-order valence-corrected chi connectivity index (χ0v) is 16.7. The van der Waals surface area contributed by atoms with E-state index in [1.165, 1.54) is 35.2 Å². The maximum absolute atomic E-state index is 5.12. The van der Waals surface area contributed by atoms with Crippen LogP contribution >= 0.6 is 0 Å². The fourth-order valence-electron chi connectivity index (χ4n) is 3.50. The van der Waals surface area contributed by atoms with Crippen molar-refractivity contribution in [3.63, 3.8) is 0 Å². The molecule has 3 aromatic rings. The van der Waals surface area contributed by atoms with Crippen molar-refractivity contribution in [3.05, 3.63) is 71.7 Å². The van der Waals surface area contributed by atoms with Gasteiger partial charge in [-0.1, -0.05) is 76.1 Å². The summed E-state index contributed by atoms with van der Waals surface area (Å²) in [6, 6.07) is 17.1. The Morgan fingerprint density at radius 1 is 1.00 bits per heavy atom. The summed E-state index contributed by atoms with van der Waals surface area (Å²) in [6.07, 6.45) is 5.77. The van der Waals surface area contributed by atoms with Crippen molar-refractivity contribution >= 4 is 0 Å². The van der Waals surface area contributed by atoms with Crippen LogP contribution in [0, 0.1) is 13.8 Å². The molecule has 0 aliphatic rings. The van der Waals surface area contributed by atoms with Crippen LogP contribution in [-0.2, 0) is 5.41 Å². The van der Waals surface area contributed by atoms with Gasteiger partial charge in [0.15, 0.2) is 0 Å². The minimum Gasteiger partial charge on any atom is -0.302 e. The third kappa shape index (κ3) is 3.75. The van der Waals surface area contributed by atoms with E-state index < -0.39 is 0 Å². The quantitative estimate of drug-likeness (QED) is 0.490. The van der Waals surface area contributed by atoms with Crippen LogP contribution < -0.4 is 0 Å². The van der Waals surface area contributed by atoms with Crippen LogP contribution in [-0.4, -0.2) is 9.55 Å². The van der Waals surface area contributed by atoms with E-state index in [1.54, 1.807) is 0 Å². The number of rotatable bonds is 6. The Kier molecular flexibility index (Phi) is 5.31. The van der Waals surface area contributed by atoms with Crippen LogP contribution in [0.4, 0.5) is 0 Å². The van der Waals surface area contributed by atoms with Crippen LogP contribution in [0.25, 0.3) is 16.9 Å². The summed E-state index contributed by atoms with van der Waals surface area (Å²) in [5, 5.41) is 0. The number of nitrogens with zero attached hydrogens (tertiary/aromatic N) is 2. The number of benzene rings is 2. The molecule has 0 unspecified atom stereocenters. The van der Waals surface area contributed by atoms with Gasteiger partial charge in [-0.25, -0.2) is 4.98 Å². The normalized spacial score (nSPS) is 11.7. The molecule has 2 aromatic carbocycles. The molecule has 0 fully saturated rings. The number of hydrogen-bond acceptors (Lipinski definition) is 1. The third-order valence-electron chi connectivity index (χ3n) is 5.16. The number of aromatic nitrogens is 2. The second-order valence-corrected chi connectivity index (χ2v) is 7.96. The summed E-state index contributed by atoms with van der Waals surface area (Å²) in [7, 11) is 0. The van der Waals surface area contributed by atoms with Gasteiger partial charge in [-0.05, 0) is 37.5 Å². The molecule has 0 aliphatic carbocycles. The molecule has 0 N–H and O–H groups in total. The van der Waals surface area contributed by atoms with Gasteiger partial charge in [-0.15, -0.1) is 0 Å². The van der Waals surface area contributed by atoms with Crippen LogP contribution in [0.1, 0.15) is 57.0 Å². The fraction of sp³-hybridized carbons (Fsp3) is 0.375. The molecule has 0 saturated heterocycles. The standard InChI is InChI=1S/C24H30N2/c1-6-7-15-24(4,5)23-25-21(20-11-9-8-10-12-20)17-26(23)22-16-18(2)13-14-19(22)3/h8-14,16-17H,6-7,15H2,1-5H3. The highest BCUT2D eigenvalue weighted by Crippen LogP contribution is 2.33. The fourth-order valence-corrected chi connectivity index (χ4v) is 3.50. The van der Waals surface area contributed by atoms with E-state index in [2.05, 4.69) is 93.9 Å². The van der Waals surface area contributed by atoms with Gasteiger partial charge in [-0.2, -0.15) is 0 Å². The molecule has 1 heterocycles. The van der Waals surface area contributed by atoms with E-state index >= 15 is 0 Å². The first-order chi connectivity index (χ1) is 12.4. The lowest BCUT2D eigenvalue weighted by Crippen LogP contribution is -2.22. The average molecular weight is 347 g/mol. The van der Waals surface area contributed by atoms with Crippen molar-refractivity contribution in [2.75, 3.05) is 0 Å². The van der Waals surface area contributed by atoms with Crippen molar-refractivity contribution in [1.29, 1.82) is 0 Å². The molecule has 2 nitrogen and oxygen atoms in total. The Hall–Kier alpha value is -2.35. The topological polar surface area (TPSA) is 17.8 Å². The van der Waals surface area contributed by atoms with E-state index in [1.807, 2.05) is 0 Å². The lowest BCUT2D eigenvalue weighted by Gasteiger charge is -2.25. The van der Waals surface area contributed by atoms with Gasteiger partial charge >= 0.3 is 0 Å². The van der Waals surface area contributed by atoms with E-state index in [0.717, 1.165) is 17.9 Å². The Labute approximate surface area is 157 Å². The molecule has 0 radical (unpaired) electrons. The van der Waals surface area contributed by atoms with Gasteiger partial charge in [0.2, 0.25) is 0 Å². The highest BCUT2D eigenvalue weighted by atomic mass is 15.1. The van der Waals surface area contributed by atoms with Gasteiger partial charge in [0.05, 0.1) is 5.69 Å². The molecule has 3 rings (SSSR count). The van der Waals surface area contributed by atoms with E-state index in [-0.39, 0.29) is 5.41 Å². The first-order valence-electron chi connectivity index (χ1n) is 9.65. The average Bonchev–Trinajstić information content (AvgIpc) is 3.09. The summed E-state index contributed by atoms with van der Waals surface area (Å²) < 4.78 is 2.32. The zero-order valence-electron chi connectivity index (χ0n) is 16.7. The predicted octanol–water partition coefficient (Wildman–Crippen LogP) is 6.62. The van der Waals surface area contributed by atoms with Crippen LogP contribution in [0.2, 0.25) is 0 Å². The largest absolute Gasteiger partial charge is 0.302 e. The van der Waals surface area contributed by atoms with Crippen molar-refractivity contribution in [1.82, 2.24) is 9.55 Å². The smallest absolute Gasteiger partial charge is 0.119 e. The summed E-state index contributed by atoms with van der Waals surface area (Å²) in [5.41, 5.74) is 6.03. The van der Waals surface area contributed by atoms with Crippen molar-refractivity contribution < 1.29 is 0 Å². The Bertz CT molecular complexity index is 872. The first-order valence-corrected chi connectivity index (χ1v) is 9.65. The SMILES string of the molecule is CCCCC(C)(C)c1nc(-c2ccccc2)cn1-c1cc(C)ccc1C. The molecule has 0 amide bonds. The number of unbranched alkanes of at least 4 members (excludes halogenated alkanes) is 1. The Morgan fingerprint density at radius 3 is 2.42 bits per heavy atom. The highest BCUT2D eigenvalue weighted by Gasteiger charge is 2.27. The molecule has 136 valence electrons. The number of aryl methyl sites for hydroxylation is 2. The second-order valence-electron chi connectivity index (χ2n) is 7.96. The summed E-state index contributed by atoms with van der Waals surface area (Å²) in [6.45, 7) is 11.2. The van der Waals surface area contributed by atoms with Crippen molar-refractivity contribution in [3.8, 4) is 16.9 Å². The minimum absolute atomic E-state index is 0.0270. The van der Waals surface area contributed by atoms with E-state index in [4.69, 9.17) is 4.98 Å². The predicted molar refractivity (Wildman–Crippen MR) is 111 cm³/mol. The minimum atomic E-state index is 0.0270. The molecular formula is C24H30N2. The Morgan fingerprint density at radius 2 is 1.73 bits per heavy atom. The van der Waals surface area contributed by atoms with E-state index in [0.29, 0.717) is 0 Å². The highest BCUT2D eigenvalue weighted by molar-refractivity contribution is 5.60. The van der Waals surface area contributed by atoms with Gasteiger partial charge in [0, 0.05) is 22.9 Å². The van der Waals surface area contributed by atoms with Crippen molar-refractivity contribution in [2.45, 2.75) is 59.3 Å². The molecule has 1 aromatic heterocycles. The number of hydrogen-bond donors (Lipinski definition) is 0. The molecule has 0 bridgehead atoms. The molecule has 0 spiro atoms. The number of imidazole rings is 1. The monoisotopic (exact) mass is 346 g/mol. The molecule has 0 saturated carbocycles. The molecule has 2 heteroatoms. The van der Waals surface area contributed by atoms with Gasteiger partial charge < -0.3 is 4.57 Å². The van der Waals surface area contributed by atoms with Gasteiger partial charge in [0.25, 0.3) is 0 Å². The van der Waals surface area contributed by atoms with Crippen LogP contribution in [0.5, 0.6) is 0 Å². The molecule has 0 atom stereocenters. The lowest BCUT2D eigenvalue weighted by molar-refractivity contribution is 0.427. The zero-order chi connectivity index (χ0) is 18.7. The molecular weight excluding hydrogens is 316 g/mol.